The minimum Gasteiger partial charge on any atom is -0.494 e. The lowest BCUT2D eigenvalue weighted by molar-refractivity contribution is -0.131. The third-order valence-electron chi connectivity index (χ3n) is 3.07. The summed E-state index contributed by atoms with van der Waals surface area (Å²) >= 11 is 0. The van der Waals surface area contributed by atoms with Gasteiger partial charge in [-0.05, 0) is 24.6 Å². The van der Waals surface area contributed by atoms with Gasteiger partial charge >= 0.3 is 0 Å². The normalized spacial score (nSPS) is 10.4. The molecule has 0 N–H and O–H groups in total. The molecule has 0 saturated carbocycles. The van der Waals surface area contributed by atoms with E-state index >= 15 is 0 Å². The van der Waals surface area contributed by atoms with Gasteiger partial charge in [0.2, 0.25) is 5.91 Å². The largest absolute Gasteiger partial charge is 0.494 e. The minimum absolute atomic E-state index is 0.0771. The molecule has 1 rings (SSSR count). The molecule has 1 amide bonds. The van der Waals surface area contributed by atoms with Gasteiger partial charge in [-0.1, -0.05) is 12.1 Å². The summed E-state index contributed by atoms with van der Waals surface area (Å²) in [6.07, 6.45) is 0.375. The van der Waals surface area contributed by atoms with Crippen LogP contribution in [-0.4, -0.2) is 57.9 Å². The van der Waals surface area contributed by atoms with Gasteiger partial charge < -0.3 is 19.1 Å². The number of amides is 1. The second-order valence-electron chi connectivity index (χ2n) is 4.62. The van der Waals surface area contributed by atoms with E-state index in [4.69, 9.17) is 14.2 Å². The van der Waals surface area contributed by atoms with E-state index in [2.05, 4.69) is 0 Å². The first kappa shape index (κ1) is 17.5. The molecule has 0 aliphatic heterocycles. The molecular formula is C16H25NO4. The first-order valence-corrected chi connectivity index (χ1v) is 7.18. The predicted octanol–water partition coefficient (Wildman–Crippen LogP) is 1.75. The second kappa shape index (κ2) is 10.2. The summed E-state index contributed by atoms with van der Waals surface area (Å²) in [6.45, 7) is 4.80. The topological polar surface area (TPSA) is 48.0 Å². The maximum Gasteiger partial charge on any atom is 0.227 e. The summed E-state index contributed by atoms with van der Waals surface area (Å²) in [7, 11) is 3.26. The first-order chi connectivity index (χ1) is 10.2. The quantitative estimate of drug-likeness (QED) is 0.660. The highest BCUT2D eigenvalue weighted by Crippen LogP contribution is 2.13. The van der Waals surface area contributed by atoms with Crippen LogP contribution in [0.4, 0.5) is 0 Å². The summed E-state index contributed by atoms with van der Waals surface area (Å²) in [5, 5.41) is 0. The van der Waals surface area contributed by atoms with Gasteiger partial charge in [0, 0.05) is 27.3 Å². The number of carbonyl (C=O) groups excluding carboxylic acids is 1. The third-order valence-corrected chi connectivity index (χ3v) is 3.07. The van der Waals surface area contributed by atoms with Crippen molar-refractivity contribution < 1.29 is 19.0 Å². The Balaban J connectivity index is 2.57. The van der Waals surface area contributed by atoms with E-state index < -0.39 is 0 Å². The molecule has 0 saturated heterocycles. The Morgan fingerprint density at radius 2 is 1.62 bits per heavy atom. The van der Waals surface area contributed by atoms with E-state index in [-0.39, 0.29) is 5.91 Å². The van der Waals surface area contributed by atoms with E-state index in [1.165, 1.54) is 0 Å². The maximum absolute atomic E-state index is 12.3. The Labute approximate surface area is 126 Å². The molecule has 1 aromatic carbocycles. The van der Waals surface area contributed by atoms with Crippen molar-refractivity contribution in [3.05, 3.63) is 29.8 Å². The van der Waals surface area contributed by atoms with Crippen LogP contribution in [-0.2, 0) is 20.7 Å². The van der Waals surface area contributed by atoms with E-state index in [9.17, 15) is 4.79 Å². The zero-order valence-corrected chi connectivity index (χ0v) is 13.1. The van der Waals surface area contributed by atoms with Crippen molar-refractivity contribution >= 4 is 5.91 Å². The Kier molecular flexibility index (Phi) is 8.47. The molecule has 0 radical (unpaired) electrons. The van der Waals surface area contributed by atoms with Gasteiger partial charge in [-0.15, -0.1) is 0 Å². The first-order valence-electron chi connectivity index (χ1n) is 7.18. The van der Waals surface area contributed by atoms with Gasteiger partial charge in [0.05, 0.1) is 26.2 Å². The van der Waals surface area contributed by atoms with Gasteiger partial charge in [-0.25, -0.2) is 0 Å². The van der Waals surface area contributed by atoms with E-state index in [1.54, 1.807) is 19.1 Å². The van der Waals surface area contributed by atoms with E-state index in [0.717, 1.165) is 11.3 Å². The Hall–Kier alpha value is -1.59. The molecule has 0 unspecified atom stereocenters. The van der Waals surface area contributed by atoms with E-state index in [0.29, 0.717) is 39.3 Å². The monoisotopic (exact) mass is 295 g/mol. The molecule has 0 spiro atoms. The van der Waals surface area contributed by atoms with Gasteiger partial charge in [0.1, 0.15) is 5.75 Å². The van der Waals surface area contributed by atoms with Crippen LogP contribution in [0.15, 0.2) is 24.3 Å². The van der Waals surface area contributed by atoms with Crippen molar-refractivity contribution in [2.24, 2.45) is 0 Å². The molecule has 5 heteroatoms. The molecule has 0 bridgehead atoms. The van der Waals surface area contributed by atoms with Crippen LogP contribution in [0.2, 0.25) is 0 Å². The van der Waals surface area contributed by atoms with Crippen LogP contribution in [0, 0.1) is 0 Å². The number of hydrogen-bond acceptors (Lipinski definition) is 4. The average Bonchev–Trinajstić information content (AvgIpc) is 2.49. The highest BCUT2D eigenvalue weighted by Gasteiger charge is 2.13. The predicted molar refractivity (Wildman–Crippen MR) is 81.6 cm³/mol. The third kappa shape index (κ3) is 6.60. The molecular weight excluding hydrogens is 270 g/mol. The standard InChI is InChI=1S/C16H25NO4/c1-4-21-15-7-5-14(6-8-15)13-16(18)17(9-11-19-2)10-12-20-3/h5-8H,4,9-13H2,1-3H3. The number of methoxy groups -OCH3 is 2. The number of benzene rings is 1. The summed E-state index contributed by atoms with van der Waals surface area (Å²) in [6, 6.07) is 7.63. The highest BCUT2D eigenvalue weighted by molar-refractivity contribution is 5.78. The molecule has 21 heavy (non-hydrogen) atoms. The van der Waals surface area contributed by atoms with Crippen LogP contribution < -0.4 is 4.74 Å². The summed E-state index contributed by atoms with van der Waals surface area (Å²) in [5.74, 6) is 0.901. The van der Waals surface area contributed by atoms with E-state index in [1.807, 2.05) is 31.2 Å². The number of rotatable bonds is 10. The van der Waals surface area contributed by atoms with Crippen molar-refractivity contribution in [2.75, 3.05) is 47.1 Å². The second-order valence-corrected chi connectivity index (χ2v) is 4.62. The molecule has 0 aliphatic rings. The average molecular weight is 295 g/mol. The summed E-state index contributed by atoms with van der Waals surface area (Å²) < 4.78 is 15.5. The maximum atomic E-state index is 12.3. The van der Waals surface area contributed by atoms with Crippen molar-refractivity contribution in [3.63, 3.8) is 0 Å². The summed E-state index contributed by atoms with van der Waals surface area (Å²) in [4.78, 5) is 14.1. The Morgan fingerprint density at radius 3 is 2.10 bits per heavy atom. The molecule has 1 aromatic rings. The van der Waals surface area contributed by atoms with Crippen molar-refractivity contribution in [2.45, 2.75) is 13.3 Å². The smallest absolute Gasteiger partial charge is 0.227 e. The molecule has 0 atom stereocenters. The van der Waals surface area contributed by atoms with Crippen LogP contribution >= 0.6 is 0 Å². The molecule has 0 heterocycles. The summed E-state index contributed by atoms with van der Waals surface area (Å²) in [5.41, 5.74) is 0.975. The van der Waals surface area contributed by atoms with Crippen molar-refractivity contribution in [1.82, 2.24) is 4.90 Å². The zero-order chi connectivity index (χ0) is 15.5. The highest BCUT2D eigenvalue weighted by atomic mass is 16.5. The lowest BCUT2D eigenvalue weighted by atomic mass is 10.1. The molecule has 0 aromatic heterocycles. The van der Waals surface area contributed by atoms with Gasteiger partial charge in [-0.3, -0.25) is 4.79 Å². The van der Waals surface area contributed by atoms with Crippen molar-refractivity contribution in [1.29, 1.82) is 0 Å². The number of nitrogens with zero attached hydrogens (tertiary/aromatic N) is 1. The fourth-order valence-electron chi connectivity index (χ4n) is 1.92. The molecule has 0 aliphatic carbocycles. The Morgan fingerprint density at radius 1 is 1.05 bits per heavy atom. The van der Waals surface area contributed by atoms with Gasteiger partial charge in [-0.2, -0.15) is 0 Å². The van der Waals surface area contributed by atoms with Crippen molar-refractivity contribution in [3.8, 4) is 5.75 Å². The zero-order valence-electron chi connectivity index (χ0n) is 13.1. The number of carbonyl (C=O) groups is 1. The lowest BCUT2D eigenvalue weighted by Gasteiger charge is -2.22. The fraction of sp³-hybridized carbons (Fsp3) is 0.562. The molecule has 5 nitrogen and oxygen atoms in total. The molecule has 118 valence electrons. The minimum atomic E-state index is 0.0771. The SMILES string of the molecule is CCOc1ccc(CC(=O)N(CCOC)CCOC)cc1. The number of ether oxygens (including phenoxy) is 3. The van der Waals surface area contributed by atoms with Crippen LogP contribution in [0.3, 0.4) is 0 Å². The van der Waals surface area contributed by atoms with Crippen LogP contribution in [0.25, 0.3) is 0 Å². The Bertz CT molecular complexity index is 397. The number of hydrogen-bond donors (Lipinski definition) is 0. The fourth-order valence-corrected chi connectivity index (χ4v) is 1.92. The van der Waals surface area contributed by atoms with Crippen LogP contribution in [0.1, 0.15) is 12.5 Å². The van der Waals surface area contributed by atoms with Crippen LogP contribution in [0.5, 0.6) is 5.75 Å². The van der Waals surface area contributed by atoms with Gasteiger partial charge in [0.15, 0.2) is 0 Å². The van der Waals surface area contributed by atoms with Gasteiger partial charge in [0.25, 0.3) is 0 Å². The molecule has 0 fully saturated rings. The lowest BCUT2D eigenvalue weighted by Crippen LogP contribution is -2.37.